The lowest BCUT2D eigenvalue weighted by molar-refractivity contribution is 0.0927. The molecule has 0 radical (unpaired) electrons. The van der Waals surface area contributed by atoms with Crippen molar-refractivity contribution in [1.82, 2.24) is 15.6 Å². The normalized spacial score (nSPS) is 10.2. The number of hydrogen-bond donors (Lipinski definition) is 2. The number of benzene rings is 2. The molecule has 2 aromatic carbocycles. The number of nitrogens with zero attached hydrogens (tertiary/aromatic N) is 1. The molecule has 28 heavy (non-hydrogen) atoms. The van der Waals surface area contributed by atoms with E-state index in [1.54, 1.807) is 37.6 Å². The van der Waals surface area contributed by atoms with Crippen molar-refractivity contribution in [2.75, 3.05) is 20.2 Å². The highest BCUT2D eigenvalue weighted by atomic mass is 16.5. The first-order valence-corrected chi connectivity index (χ1v) is 8.88. The summed E-state index contributed by atoms with van der Waals surface area (Å²) in [4.78, 5) is 28.1. The fraction of sp³-hybridized carbons (Fsp3) is 0.136. The van der Waals surface area contributed by atoms with Gasteiger partial charge in [-0.1, -0.05) is 24.3 Å². The number of ether oxygens (including phenoxy) is 1. The molecule has 0 spiro atoms. The monoisotopic (exact) mass is 375 g/mol. The number of nitrogens with one attached hydrogen (secondary N) is 2. The van der Waals surface area contributed by atoms with E-state index in [4.69, 9.17) is 4.74 Å². The van der Waals surface area contributed by atoms with Gasteiger partial charge in [0.1, 0.15) is 5.75 Å². The van der Waals surface area contributed by atoms with Gasteiger partial charge in [0.15, 0.2) is 0 Å². The van der Waals surface area contributed by atoms with Crippen molar-refractivity contribution in [3.63, 3.8) is 0 Å². The van der Waals surface area contributed by atoms with Gasteiger partial charge in [-0.15, -0.1) is 0 Å². The van der Waals surface area contributed by atoms with E-state index in [1.165, 1.54) is 6.20 Å². The average molecular weight is 375 g/mol. The van der Waals surface area contributed by atoms with Crippen LogP contribution >= 0.6 is 0 Å². The molecule has 2 amide bonds. The zero-order valence-electron chi connectivity index (χ0n) is 15.5. The standard InChI is InChI=1S/C22H21N3O3/c1-28-20-6-2-4-18(14-20)16-7-9-17(10-8-16)21(26)24-12-13-25-22(27)19-5-3-11-23-15-19/h2-11,14-15H,12-13H2,1H3,(H,24,26)(H,25,27). The van der Waals surface area contributed by atoms with Gasteiger partial charge in [-0.3, -0.25) is 14.6 Å². The second kappa shape index (κ2) is 9.32. The molecule has 142 valence electrons. The number of rotatable bonds is 7. The maximum atomic E-state index is 12.3. The SMILES string of the molecule is COc1cccc(-c2ccc(C(=O)NCCNC(=O)c3cccnc3)cc2)c1. The summed E-state index contributed by atoms with van der Waals surface area (Å²) in [5.41, 5.74) is 3.07. The molecule has 0 bridgehead atoms. The number of carbonyl (C=O) groups excluding carboxylic acids is 2. The van der Waals surface area contributed by atoms with Gasteiger partial charge in [-0.25, -0.2) is 0 Å². The van der Waals surface area contributed by atoms with Crippen molar-refractivity contribution >= 4 is 11.8 Å². The molecule has 0 aliphatic heterocycles. The van der Waals surface area contributed by atoms with E-state index in [2.05, 4.69) is 15.6 Å². The third kappa shape index (κ3) is 4.94. The molecule has 0 saturated carbocycles. The van der Waals surface area contributed by atoms with Gasteiger partial charge in [-0.2, -0.15) is 0 Å². The van der Waals surface area contributed by atoms with Crippen LogP contribution in [0.3, 0.4) is 0 Å². The molecule has 2 N–H and O–H groups in total. The largest absolute Gasteiger partial charge is 0.497 e. The zero-order valence-corrected chi connectivity index (χ0v) is 15.5. The van der Waals surface area contributed by atoms with E-state index in [1.807, 2.05) is 36.4 Å². The van der Waals surface area contributed by atoms with Gasteiger partial charge >= 0.3 is 0 Å². The summed E-state index contributed by atoms with van der Waals surface area (Å²) in [5, 5.41) is 5.54. The van der Waals surface area contributed by atoms with Crippen molar-refractivity contribution < 1.29 is 14.3 Å². The Morgan fingerprint density at radius 1 is 0.857 bits per heavy atom. The molecular weight excluding hydrogens is 354 g/mol. The minimum Gasteiger partial charge on any atom is -0.497 e. The second-order valence-corrected chi connectivity index (χ2v) is 6.06. The predicted octanol–water partition coefficient (Wildman–Crippen LogP) is 2.92. The maximum absolute atomic E-state index is 12.3. The Balaban J connectivity index is 1.50. The Hall–Kier alpha value is -3.67. The van der Waals surface area contributed by atoms with E-state index in [0.29, 0.717) is 24.2 Å². The van der Waals surface area contributed by atoms with E-state index < -0.39 is 0 Å². The molecular formula is C22H21N3O3. The number of pyridine rings is 1. The van der Waals surface area contributed by atoms with E-state index >= 15 is 0 Å². The first-order chi connectivity index (χ1) is 13.7. The van der Waals surface area contributed by atoms with Gasteiger partial charge in [0, 0.05) is 31.0 Å². The summed E-state index contributed by atoms with van der Waals surface area (Å²) in [6, 6.07) is 18.5. The van der Waals surface area contributed by atoms with Crippen LogP contribution in [-0.2, 0) is 0 Å². The number of carbonyl (C=O) groups is 2. The zero-order chi connectivity index (χ0) is 19.8. The summed E-state index contributed by atoms with van der Waals surface area (Å²) in [5.74, 6) is 0.380. The Bertz CT molecular complexity index is 941. The summed E-state index contributed by atoms with van der Waals surface area (Å²) in [6.45, 7) is 0.670. The molecule has 6 heteroatoms. The molecule has 0 unspecified atom stereocenters. The summed E-state index contributed by atoms with van der Waals surface area (Å²) in [7, 11) is 1.63. The highest BCUT2D eigenvalue weighted by Gasteiger charge is 2.07. The Kier molecular flexibility index (Phi) is 6.36. The van der Waals surface area contributed by atoms with Crippen molar-refractivity contribution in [3.8, 4) is 16.9 Å². The second-order valence-electron chi connectivity index (χ2n) is 6.06. The number of methoxy groups -OCH3 is 1. The maximum Gasteiger partial charge on any atom is 0.252 e. The fourth-order valence-electron chi connectivity index (χ4n) is 2.67. The van der Waals surface area contributed by atoms with Crippen LogP contribution in [0.25, 0.3) is 11.1 Å². The molecule has 0 aliphatic rings. The highest BCUT2D eigenvalue weighted by Crippen LogP contribution is 2.24. The lowest BCUT2D eigenvalue weighted by Gasteiger charge is -2.08. The number of hydrogen-bond acceptors (Lipinski definition) is 4. The van der Waals surface area contributed by atoms with Crippen molar-refractivity contribution in [2.24, 2.45) is 0 Å². The lowest BCUT2D eigenvalue weighted by Crippen LogP contribution is -2.34. The fourth-order valence-corrected chi connectivity index (χ4v) is 2.67. The predicted molar refractivity (Wildman–Crippen MR) is 107 cm³/mol. The topological polar surface area (TPSA) is 80.3 Å². The van der Waals surface area contributed by atoms with Gasteiger partial charge in [0.25, 0.3) is 11.8 Å². The molecule has 1 aromatic heterocycles. The van der Waals surface area contributed by atoms with Crippen LogP contribution in [0.15, 0.2) is 73.1 Å². The van der Waals surface area contributed by atoms with Crippen LogP contribution < -0.4 is 15.4 Å². The molecule has 0 fully saturated rings. The Labute approximate surface area is 163 Å². The third-order valence-electron chi connectivity index (χ3n) is 4.17. The molecule has 1 heterocycles. The number of amides is 2. The van der Waals surface area contributed by atoms with Gasteiger partial charge < -0.3 is 15.4 Å². The molecule has 0 saturated heterocycles. The van der Waals surface area contributed by atoms with Gasteiger partial charge in [-0.05, 0) is 47.5 Å². The highest BCUT2D eigenvalue weighted by molar-refractivity contribution is 5.95. The summed E-state index contributed by atoms with van der Waals surface area (Å²) >= 11 is 0. The Morgan fingerprint density at radius 3 is 2.21 bits per heavy atom. The van der Waals surface area contributed by atoms with Crippen molar-refractivity contribution in [3.05, 3.63) is 84.2 Å². The minimum absolute atomic E-state index is 0.187. The van der Waals surface area contributed by atoms with E-state index in [-0.39, 0.29) is 11.8 Å². The summed E-state index contributed by atoms with van der Waals surface area (Å²) in [6.07, 6.45) is 3.11. The van der Waals surface area contributed by atoms with E-state index in [0.717, 1.165) is 16.9 Å². The molecule has 0 atom stereocenters. The van der Waals surface area contributed by atoms with Gasteiger partial charge in [0.2, 0.25) is 0 Å². The first kappa shape index (κ1) is 19.1. The number of aromatic nitrogens is 1. The lowest BCUT2D eigenvalue weighted by atomic mass is 10.0. The minimum atomic E-state index is -0.218. The quantitative estimate of drug-likeness (QED) is 0.622. The van der Waals surface area contributed by atoms with Crippen LogP contribution in [0.5, 0.6) is 5.75 Å². The van der Waals surface area contributed by atoms with Crippen LogP contribution in [0, 0.1) is 0 Å². The van der Waals surface area contributed by atoms with Crippen LogP contribution in [-0.4, -0.2) is 37.0 Å². The van der Waals surface area contributed by atoms with E-state index in [9.17, 15) is 9.59 Å². The molecule has 6 nitrogen and oxygen atoms in total. The third-order valence-corrected chi connectivity index (χ3v) is 4.17. The molecule has 0 aliphatic carbocycles. The van der Waals surface area contributed by atoms with Gasteiger partial charge in [0.05, 0.1) is 12.7 Å². The first-order valence-electron chi connectivity index (χ1n) is 8.88. The van der Waals surface area contributed by atoms with Crippen LogP contribution in [0.1, 0.15) is 20.7 Å². The Morgan fingerprint density at radius 2 is 1.57 bits per heavy atom. The summed E-state index contributed by atoms with van der Waals surface area (Å²) < 4.78 is 5.24. The average Bonchev–Trinajstić information content (AvgIpc) is 2.77. The van der Waals surface area contributed by atoms with Crippen molar-refractivity contribution in [2.45, 2.75) is 0 Å². The van der Waals surface area contributed by atoms with Crippen LogP contribution in [0.4, 0.5) is 0 Å². The van der Waals surface area contributed by atoms with Crippen LogP contribution in [0.2, 0.25) is 0 Å². The molecule has 3 aromatic rings. The van der Waals surface area contributed by atoms with Crippen molar-refractivity contribution in [1.29, 1.82) is 0 Å². The molecule has 3 rings (SSSR count). The smallest absolute Gasteiger partial charge is 0.252 e.